The molecule has 1 fully saturated rings. The SMILES string of the molecule is O=C(O)C1=C(O)CC(OC(=O)C(O)C(O)c2ccc(O)cc2)C1C(O)CCC1CCC(O)CC1O. The molecule has 0 radical (unpaired) electrons. The average Bonchev–Trinajstić information content (AvgIpc) is 3.13. The van der Waals surface area contributed by atoms with Crippen LogP contribution < -0.4 is 0 Å². The van der Waals surface area contributed by atoms with Crippen molar-refractivity contribution in [2.45, 2.75) is 75.1 Å². The normalized spacial score (nSPS) is 29.5. The maximum absolute atomic E-state index is 12.5. The third kappa shape index (κ3) is 6.30. The van der Waals surface area contributed by atoms with Crippen LogP contribution in [0.5, 0.6) is 5.75 Å². The molecule has 8 atom stereocenters. The molecule has 11 heteroatoms. The first-order valence-corrected chi connectivity index (χ1v) is 11.5. The first-order valence-electron chi connectivity index (χ1n) is 11.5. The number of hydrogen-bond acceptors (Lipinski definition) is 10. The fraction of sp³-hybridized carbons (Fsp3) is 0.583. The fourth-order valence-corrected chi connectivity index (χ4v) is 4.92. The Hall–Kier alpha value is -2.70. The average molecular weight is 497 g/mol. The summed E-state index contributed by atoms with van der Waals surface area (Å²) in [6.07, 6.45) is -6.52. The minimum absolute atomic E-state index is 0.0410. The van der Waals surface area contributed by atoms with Crippen molar-refractivity contribution in [2.75, 3.05) is 0 Å². The van der Waals surface area contributed by atoms with Crippen LogP contribution in [0.3, 0.4) is 0 Å². The molecule has 8 N–H and O–H groups in total. The van der Waals surface area contributed by atoms with Gasteiger partial charge in [0, 0.05) is 6.42 Å². The third-order valence-electron chi connectivity index (χ3n) is 6.89. The number of esters is 1. The molecule has 2 aliphatic rings. The van der Waals surface area contributed by atoms with Gasteiger partial charge in [-0.25, -0.2) is 9.59 Å². The second kappa shape index (κ2) is 11.4. The van der Waals surface area contributed by atoms with E-state index in [0.29, 0.717) is 19.3 Å². The van der Waals surface area contributed by atoms with Gasteiger partial charge in [0.1, 0.15) is 23.7 Å². The second-order valence-corrected chi connectivity index (χ2v) is 9.29. The third-order valence-corrected chi connectivity index (χ3v) is 6.89. The highest BCUT2D eigenvalue weighted by Crippen LogP contribution is 2.39. The second-order valence-electron chi connectivity index (χ2n) is 9.29. The zero-order valence-corrected chi connectivity index (χ0v) is 19.0. The van der Waals surface area contributed by atoms with Crippen LogP contribution >= 0.6 is 0 Å². The highest BCUT2D eigenvalue weighted by atomic mass is 16.6. The van der Waals surface area contributed by atoms with E-state index in [0.717, 1.165) is 0 Å². The van der Waals surface area contributed by atoms with Gasteiger partial charge in [-0.05, 0) is 55.7 Å². The quantitative estimate of drug-likeness (QED) is 0.218. The predicted octanol–water partition coefficient (Wildman–Crippen LogP) is 0.278. The molecule has 1 aromatic rings. The molecule has 0 saturated heterocycles. The molecule has 0 bridgehead atoms. The molecule has 8 unspecified atom stereocenters. The van der Waals surface area contributed by atoms with E-state index in [-0.39, 0.29) is 30.1 Å². The van der Waals surface area contributed by atoms with Gasteiger partial charge < -0.3 is 45.6 Å². The van der Waals surface area contributed by atoms with Gasteiger partial charge in [0.15, 0.2) is 6.10 Å². The van der Waals surface area contributed by atoms with Gasteiger partial charge in [0.05, 0.1) is 29.8 Å². The maximum atomic E-state index is 12.5. The number of ether oxygens (including phenoxy) is 1. The molecule has 1 aromatic carbocycles. The van der Waals surface area contributed by atoms with Gasteiger partial charge in [0.2, 0.25) is 0 Å². The molecule has 1 saturated carbocycles. The zero-order valence-electron chi connectivity index (χ0n) is 19.0. The number of phenols is 1. The van der Waals surface area contributed by atoms with Crippen LogP contribution in [-0.2, 0) is 14.3 Å². The minimum atomic E-state index is -2.04. The number of carbonyl (C=O) groups is 2. The van der Waals surface area contributed by atoms with Crippen molar-refractivity contribution in [3.63, 3.8) is 0 Å². The van der Waals surface area contributed by atoms with E-state index in [4.69, 9.17) is 4.74 Å². The summed E-state index contributed by atoms with van der Waals surface area (Å²) in [7, 11) is 0. The van der Waals surface area contributed by atoms with Crippen LogP contribution in [0.15, 0.2) is 35.6 Å². The largest absolute Gasteiger partial charge is 0.512 e. The van der Waals surface area contributed by atoms with Crippen molar-refractivity contribution in [3.8, 4) is 5.75 Å². The molecule has 0 aliphatic heterocycles. The Kier molecular flexibility index (Phi) is 8.73. The number of aliphatic carboxylic acids is 1. The fourth-order valence-electron chi connectivity index (χ4n) is 4.92. The lowest BCUT2D eigenvalue weighted by atomic mass is 9.80. The topological polar surface area (TPSA) is 205 Å². The number of carboxylic acids is 1. The smallest absolute Gasteiger partial charge is 0.338 e. The maximum Gasteiger partial charge on any atom is 0.338 e. The molecule has 35 heavy (non-hydrogen) atoms. The summed E-state index contributed by atoms with van der Waals surface area (Å²) in [5.74, 6) is -4.90. The van der Waals surface area contributed by atoms with E-state index in [9.17, 15) is 50.4 Å². The van der Waals surface area contributed by atoms with Crippen molar-refractivity contribution in [3.05, 3.63) is 41.2 Å². The van der Waals surface area contributed by atoms with Gasteiger partial charge in [0.25, 0.3) is 0 Å². The summed E-state index contributed by atoms with van der Waals surface area (Å²) in [6.45, 7) is 0. The van der Waals surface area contributed by atoms with Gasteiger partial charge in [-0.1, -0.05) is 12.1 Å². The Morgan fingerprint density at radius 2 is 1.69 bits per heavy atom. The summed E-state index contributed by atoms with van der Waals surface area (Å²) in [6, 6.07) is 5.11. The van der Waals surface area contributed by atoms with Gasteiger partial charge in [-0.2, -0.15) is 0 Å². The van der Waals surface area contributed by atoms with Crippen molar-refractivity contribution < 1.29 is 55.2 Å². The number of rotatable bonds is 9. The molecule has 0 heterocycles. The van der Waals surface area contributed by atoms with E-state index < -0.39 is 72.2 Å². The monoisotopic (exact) mass is 496 g/mol. The lowest BCUT2D eigenvalue weighted by Gasteiger charge is -2.32. The van der Waals surface area contributed by atoms with Crippen LogP contribution in [0, 0.1) is 11.8 Å². The van der Waals surface area contributed by atoms with E-state index in [1.165, 1.54) is 24.3 Å². The van der Waals surface area contributed by atoms with Crippen molar-refractivity contribution in [2.24, 2.45) is 11.8 Å². The molecule has 0 aromatic heterocycles. The zero-order chi connectivity index (χ0) is 25.9. The Bertz CT molecular complexity index is 928. The van der Waals surface area contributed by atoms with Crippen LogP contribution in [-0.4, -0.2) is 83.3 Å². The molecular weight excluding hydrogens is 464 g/mol. The molecule has 194 valence electrons. The molecular formula is C24H32O11. The van der Waals surface area contributed by atoms with E-state index in [1.54, 1.807) is 0 Å². The van der Waals surface area contributed by atoms with Gasteiger partial charge >= 0.3 is 11.9 Å². The molecule has 2 aliphatic carbocycles. The van der Waals surface area contributed by atoms with E-state index in [2.05, 4.69) is 0 Å². The van der Waals surface area contributed by atoms with Crippen LogP contribution in [0.2, 0.25) is 0 Å². The van der Waals surface area contributed by atoms with Crippen molar-refractivity contribution in [1.82, 2.24) is 0 Å². The summed E-state index contributed by atoms with van der Waals surface area (Å²) in [5, 5.41) is 80.3. The number of carboxylic acid groups (broad SMARTS) is 1. The van der Waals surface area contributed by atoms with Crippen LogP contribution in [0.4, 0.5) is 0 Å². The number of aromatic hydroxyl groups is 1. The summed E-state index contributed by atoms with van der Waals surface area (Å²) in [5.41, 5.74) is -0.373. The van der Waals surface area contributed by atoms with Crippen LogP contribution in [0.1, 0.15) is 50.2 Å². The van der Waals surface area contributed by atoms with Gasteiger partial charge in [-0.15, -0.1) is 0 Å². The van der Waals surface area contributed by atoms with Gasteiger partial charge in [-0.3, -0.25) is 0 Å². The molecule has 0 spiro atoms. The molecule has 11 nitrogen and oxygen atoms in total. The lowest BCUT2D eigenvalue weighted by molar-refractivity contribution is -0.169. The predicted molar refractivity (Wildman–Crippen MR) is 119 cm³/mol. The number of carbonyl (C=O) groups excluding carboxylic acids is 1. The number of aliphatic hydroxyl groups is 6. The summed E-state index contributed by atoms with van der Waals surface area (Å²) in [4.78, 5) is 24.3. The standard InChI is InChI=1S/C24H32O11/c25-13-5-2-12(3-6-13)21(30)22(31)24(34)35-18-10-17(29)20(23(32)33)19(18)15(27)8-4-11-1-7-14(26)9-16(11)28/h2-3,5-6,11,14-16,18-19,21-22,25-31H,1,4,7-10H2,(H,32,33). The summed E-state index contributed by atoms with van der Waals surface area (Å²) >= 11 is 0. The Balaban J connectivity index is 1.68. The number of benzene rings is 1. The molecule has 0 amide bonds. The number of phenolic OH excluding ortho intramolecular Hbond substituents is 1. The number of aliphatic hydroxyl groups excluding tert-OH is 6. The Labute approximate surface area is 201 Å². The number of hydrogen-bond donors (Lipinski definition) is 8. The Morgan fingerprint density at radius 1 is 1.03 bits per heavy atom. The first kappa shape index (κ1) is 26.9. The van der Waals surface area contributed by atoms with Crippen LogP contribution in [0.25, 0.3) is 0 Å². The first-order chi connectivity index (χ1) is 16.5. The van der Waals surface area contributed by atoms with Crippen molar-refractivity contribution in [1.29, 1.82) is 0 Å². The van der Waals surface area contributed by atoms with Crippen molar-refractivity contribution >= 4 is 11.9 Å². The van der Waals surface area contributed by atoms with E-state index in [1.807, 2.05) is 0 Å². The van der Waals surface area contributed by atoms with E-state index >= 15 is 0 Å². The lowest BCUT2D eigenvalue weighted by Crippen LogP contribution is -2.39. The minimum Gasteiger partial charge on any atom is -0.512 e. The molecule has 3 rings (SSSR count). The summed E-state index contributed by atoms with van der Waals surface area (Å²) < 4.78 is 5.25. The Morgan fingerprint density at radius 3 is 2.29 bits per heavy atom. The highest BCUT2D eigenvalue weighted by Gasteiger charge is 2.46. The highest BCUT2D eigenvalue weighted by molar-refractivity contribution is 5.89.